The van der Waals surface area contributed by atoms with E-state index in [-0.39, 0.29) is 17.4 Å². The summed E-state index contributed by atoms with van der Waals surface area (Å²) in [6, 6.07) is 29.3. The highest BCUT2D eigenvalue weighted by Gasteiger charge is 2.17. The Morgan fingerprint density at radius 1 is 0.771 bits per heavy atom. The van der Waals surface area contributed by atoms with Crippen molar-refractivity contribution >= 4 is 28.0 Å². The molecule has 0 bridgehead atoms. The van der Waals surface area contributed by atoms with Crippen LogP contribution in [0.5, 0.6) is 11.5 Å². The number of phenols is 1. The number of carbonyl (C=O) groups excluding carboxylic acids is 1. The molecule has 0 heterocycles. The van der Waals surface area contributed by atoms with Gasteiger partial charge in [-0.05, 0) is 58.7 Å². The number of nitrogens with zero attached hydrogens (tertiary/aromatic N) is 1. The lowest BCUT2D eigenvalue weighted by Gasteiger charge is -2.23. The molecule has 0 aromatic heterocycles. The Morgan fingerprint density at radius 2 is 1.37 bits per heavy atom. The zero-order valence-electron chi connectivity index (χ0n) is 18.6. The Balaban J connectivity index is 1.57. The van der Waals surface area contributed by atoms with E-state index >= 15 is 0 Å². The highest BCUT2D eigenvalue weighted by atomic mass is 79.9. The van der Waals surface area contributed by atoms with E-state index in [1.54, 1.807) is 23.1 Å². The molecule has 0 radical (unpaired) electrons. The monoisotopic (exact) mass is 531 g/mol. The van der Waals surface area contributed by atoms with Crippen LogP contribution in [-0.2, 0) is 13.1 Å². The zero-order chi connectivity index (χ0) is 24.8. The molecule has 4 aromatic rings. The second-order valence-corrected chi connectivity index (χ2v) is 8.82. The van der Waals surface area contributed by atoms with Gasteiger partial charge in [-0.1, -0.05) is 76.6 Å². The van der Waals surface area contributed by atoms with Gasteiger partial charge in [0.1, 0.15) is 0 Å². The van der Waals surface area contributed by atoms with Crippen LogP contribution in [0.1, 0.15) is 21.5 Å². The smallest absolute Gasteiger partial charge is 0.504 e. The van der Waals surface area contributed by atoms with E-state index in [1.165, 1.54) is 12.1 Å². The van der Waals surface area contributed by atoms with Gasteiger partial charge in [0, 0.05) is 23.1 Å². The molecule has 4 aromatic carbocycles. The van der Waals surface area contributed by atoms with E-state index in [1.807, 2.05) is 66.7 Å². The molecule has 2 N–H and O–H groups in total. The van der Waals surface area contributed by atoms with Crippen LogP contribution >= 0.6 is 15.9 Å². The minimum atomic E-state index is -1.50. The van der Waals surface area contributed by atoms with Gasteiger partial charge >= 0.3 is 6.16 Å². The predicted octanol–water partition coefficient (Wildman–Crippen LogP) is 6.72. The largest absolute Gasteiger partial charge is 0.511 e. The SMILES string of the molecule is O=C(O)Oc1cc(-c2ccc(CN(Cc3ccccc3)C(=O)c3ccc(Br)cc3)cc2)ccc1O. The van der Waals surface area contributed by atoms with Crippen molar-refractivity contribution in [3.8, 4) is 22.6 Å². The Morgan fingerprint density at radius 3 is 2.00 bits per heavy atom. The van der Waals surface area contributed by atoms with Gasteiger partial charge in [-0.25, -0.2) is 4.79 Å². The fourth-order valence-corrected chi connectivity index (χ4v) is 3.94. The summed E-state index contributed by atoms with van der Waals surface area (Å²) >= 11 is 3.41. The van der Waals surface area contributed by atoms with Crippen LogP contribution in [0.2, 0.25) is 0 Å². The third-order valence-electron chi connectivity index (χ3n) is 5.41. The van der Waals surface area contributed by atoms with Gasteiger partial charge in [0.15, 0.2) is 11.5 Å². The Kier molecular flexibility index (Phi) is 7.48. The van der Waals surface area contributed by atoms with Gasteiger partial charge < -0.3 is 19.8 Å². The second kappa shape index (κ2) is 10.9. The standard InChI is InChI=1S/C28H22BrNO5/c29-24-13-10-22(11-14-24)27(32)30(17-19-4-2-1-3-5-19)18-20-6-8-21(9-7-20)23-12-15-25(31)26(16-23)35-28(33)34/h1-16,31H,17-18H2,(H,33,34). The summed E-state index contributed by atoms with van der Waals surface area (Å²) in [5.41, 5.74) is 4.09. The molecule has 6 nitrogen and oxygen atoms in total. The summed E-state index contributed by atoms with van der Waals surface area (Å²) in [5.74, 6) is -0.455. The van der Waals surface area contributed by atoms with Gasteiger partial charge in [-0.3, -0.25) is 4.79 Å². The van der Waals surface area contributed by atoms with Gasteiger partial charge in [0.2, 0.25) is 0 Å². The summed E-state index contributed by atoms with van der Waals surface area (Å²) in [6.45, 7) is 0.873. The molecule has 4 rings (SSSR count). The normalized spacial score (nSPS) is 10.5. The third-order valence-corrected chi connectivity index (χ3v) is 5.94. The molecule has 0 saturated heterocycles. The molecule has 0 atom stereocenters. The average molecular weight is 532 g/mol. The molecule has 0 aliphatic heterocycles. The lowest BCUT2D eigenvalue weighted by molar-refractivity contribution is 0.0730. The number of carbonyl (C=O) groups is 2. The lowest BCUT2D eigenvalue weighted by atomic mass is 10.0. The van der Waals surface area contributed by atoms with Crippen molar-refractivity contribution in [2.24, 2.45) is 0 Å². The van der Waals surface area contributed by atoms with Crippen molar-refractivity contribution in [3.05, 3.63) is 118 Å². The maximum absolute atomic E-state index is 13.3. The summed E-state index contributed by atoms with van der Waals surface area (Å²) < 4.78 is 5.54. The molecule has 0 aliphatic carbocycles. The maximum atomic E-state index is 13.3. The molecule has 0 spiro atoms. The van der Waals surface area contributed by atoms with Crippen LogP contribution in [0.3, 0.4) is 0 Å². The number of rotatable bonds is 7. The maximum Gasteiger partial charge on any atom is 0.511 e. The highest BCUT2D eigenvalue weighted by Crippen LogP contribution is 2.32. The molecule has 0 fully saturated rings. The van der Waals surface area contributed by atoms with E-state index in [9.17, 15) is 14.7 Å². The molecule has 0 saturated carbocycles. The fourth-order valence-electron chi connectivity index (χ4n) is 3.67. The first-order valence-corrected chi connectivity index (χ1v) is 11.6. The summed E-state index contributed by atoms with van der Waals surface area (Å²) in [7, 11) is 0. The van der Waals surface area contributed by atoms with Crippen LogP contribution in [0.15, 0.2) is 102 Å². The van der Waals surface area contributed by atoms with Gasteiger partial charge in [-0.15, -0.1) is 0 Å². The van der Waals surface area contributed by atoms with E-state index in [4.69, 9.17) is 5.11 Å². The number of halogens is 1. The molecular formula is C28H22BrNO5. The van der Waals surface area contributed by atoms with E-state index < -0.39 is 6.16 Å². The van der Waals surface area contributed by atoms with Gasteiger partial charge in [0.05, 0.1) is 0 Å². The van der Waals surface area contributed by atoms with Gasteiger partial charge in [-0.2, -0.15) is 0 Å². The highest BCUT2D eigenvalue weighted by molar-refractivity contribution is 9.10. The Labute approximate surface area is 211 Å². The van der Waals surface area contributed by atoms with Crippen LogP contribution < -0.4 is 4.74 Å². The van der Waals surface area contributed by atoms with Crippen molar-refractivity contribution in [2.75, 3.05) is 0 Å². The second-order valence-electron chi connectivity index (χ2n) is 7.90. The Hall–Kier alpha value is -4.10. The van der Waals surface area contributed by atoms with Crippen molar-refractivity contribution in [1.29, 1.82) is 0 Å². The predicted molar refractivity (Wildman–Crippen MR) is 136 cm³/mol. The quantitative estimate of drug-likeness (QED) is 0.204. The lowest BCUT2D eigenvalue weighted by Crippen LogP contribution is -2.30. The molecule has 0 unspecified atom stereocenters. The summed E-state index contributed by atoms with van der Waals surface area (Å²) in [6.07, 6.45) is -1.50. The average Bonchev–Trinajstić information content (AvgIpc) is 2.86. The molecular weight excluding hydrogens is 510 g/mol. The third kappa shape index (κ3) is 6.28. The number of hydrogen-bond acceptors (Lipinski definition) is 4. The van der Waals surface area contributed by atoms with E-state index in [0.717, 1.165) is 21.2 Å². The first-order chi connectivity index (χ1) is 16.9. The first kappa shape index (κ1) is 24.0. The molecule has 1 amide bonds. The zero-order valence-corrected chi connectivity index (χ0v) is 20.2. The van der Waals surface area contributed by atoms with E-state index in [0.29, 0.717) is 24.2 Å². The Bertz CT molecular complexity index is 1320. The molecule has 0 aliphatic rings. The first-order valence-electron chi connectivity index (χ1n) is 10.8. The number of ether oxygens (including phenoxy) is 1. The summed E-state index contributed by atoms with van der Waals surface area (Å²) in [4.78, 5) is 26.0. The minimum absolute atomic E-state index is 0.0700. The van der Waals surface area contributed by atoms with Crippen molar-refractivity contribution in [3.63, 3.8) is 0 Å². The fraction of sp³-hybridized carbons (Fsp3) is 0.0714. The number of carboxylic acid groups (broad SMARTS) is 1. The number of hydrogen-bond donors (Lipinski definition) is 2. The van der Waals surface area contributed by atoms with Crippen molar-refractivity contribution < 1.29 is 24.5 Å². The topological polar surface area (TPSA) is 87.1 Å². The molecule has 7 heteroatoms. The van der Waals surface area contributed by atoms with Crippen molar-refractivity contribution in [1.82, 2.24) is 4.90 Å². The number of benzene rings is 4. The number of amides is 1. The minimum Gasteiger partial charge on any atom is -0.504 e. The van der Waals surface area contributed by atoms with E-state index in [2.05, 4.69) is 20.7 Å². The number of aromatic hydroxyl groups is 1. The summed E-state index contributed by atoms with van der Waals surface area (Å²) in [5, 5.41) is 18.7. The van der Waals surface area contributed by atoms with Crippen molar-refractivity contribution in [2.45, 2.75) is 13.1 Å². The van der Waals surface area contributed by atoms with Crippen LogP contribution in [-0.4, -0.2) is 27.2 Å². The van der Waals surface area contributed by atoms with Gasteiger partial charge in [0.25, 0.3) is 5.91 Å². The van der Waals surface area contributed by atoms with Crippen LogP contribution in [0, 0.1) is 0 Å². The molecule has 35 heavy (non-hydrogen) atoms. The number of phenolic OH excluding ortho intramolecular Hbond substituents is 1. The van der Waals surface area contributed by atoms with Crippen LogP contribution in [0.4, 0.5) is 4.79 Å². The van der Waals surface area contributed by atoms with Crippen LogP contribution in [0.25, 0.3) is 11.1 Å². The molecule has 176 valence electrons.